The number of rotatable bonds is 4. The molecule has 0 unspecified atom stereocenters. The zero-order valence-corrected chi connectivity index (χ0v) is 12.1. The summed E-state index contributed by atoms with van der Waals surface area (Å²) in [5.74, 6) is 0. The van der Waals surface area contributed by atoms with Crippen LogP contribution in [-0.4, -0.2) is 11.1 Å². The molecule has 0 spiro atoms. The van der Waals surface area contributed by atoms with E-state index in [1.54, 1.807) is 0 Å². The molecule has 5 nitrogen and oxygen atoms in total. The zero-order valence-electron chi connectivity index (χ0n) is 12.1. The van der Waals surface area contributed by atoms with E-state index in [0.29, 0.717) is 19.8 Å². The fraction of sp³-hybridized carbons (Fsp3) is 0.235. The number of aliphatic hydroxyl groups excluding tert-OH is 1. The van der Waals surface area contributed by atoms with Crippen LogP contribution in [0.4, 0.5) is 10.5 Å². The first-order chi connectivity index (χ1) is 10.8. The van der Waals surface area contributed by atoms with Gasteiger partial charge in [0, 0.05) is 12.2 Å². The van der Waals surface area contributed by atoms with Crippen molar-refractivity contribution >= 4 is 11.7 Å². The van der Waals surface area contributed by atoms with Crippen LogP contribution >= 0.6 is 0 Å². The summed E-state index contributed by atoms with van der Waals surface area (Å²) in [5, 5.41) is 14.9. The first kappa shape index (κ1) is 14.6. The lowest BCUT2D eigenvalue weighted by atomic mass is 10.1. The average Bonchev–Trinajstić information content (AvgIpc) is 3.01. The number of anilines is 1. The minimum atomic E-state index is -0.272. The second kappa shape index (κ2) is 6.60. The van der Waals surface area contributed by atoms with Gasteiger partial charge in [-0.1, -0.05) is 30.3 Å². The fourth-order valence-electron chi connectivity index (χ4n) is 2.48. The van der Waals surface area contributed by atoms with Crippen LogP contribution in [0.3, 0.4) is 0 Å². The van der Waals surface area contributed by atoms with Crippen LogP contribution in [0.15, 0.2) is 42.5 Å². The van der Waals surface area contributed by atoms with Gasteiger partial charge in [0.15, 0.2) is 0 Å². The lowest BCUT2D eigenvalue weighted by Crippen LogP contribution is -2.28. The SMILES string of the molecule is O=C(NCc1ccccc1CO)Nc1ccc2c(c1)COC2. The van der Waals surface area contributed by atoms with E-state index in [-0.39, 0.29) is 12.6 Å². The molecule has 2 aromatic rings. The Hall–Kier alpha value is -2.37. The van der Waals surface area contributed by atoms with E-state index >= 15 is 0 Å². The number of urea groups is 1. The maximum absolute atomic E-state index is 12.0. The maximum Gasteiger partial charge on any atom is 0.319 e. The highest BCUT2D eigenvalue weighted by molar-refractivity contribution is 5.89. The Balaban J connectivity index is 1.58. The van der Waals surface area contributed by atoms with E-state index in [2.05, 4.69) is 10.6 Å². The molecule has 2 amide bonds. The van der Waals surface area contributed by atoms with Gasteiger partial charge >= 0.3 is 6.03 Å². The molecule has 3 rings (SSSR count). The first-order valence-corrected chi connectivity index (χ1v) is 7.18. The Morgan fingerprint density at radius 3 is 2.68 bits per heavy atom. The Morgan fingerprint density at radius 1 is 1.09 bits per heavy atom. The molecule has 1 aliphatic rings. The Labute approximate surface area is 128 Å². The zero-order chi connectivity index (χ0) is 15.4. The van der Waals surface area contributed by atoms with Crippen LogP contribution < -0.4 is 10.6 Å². The van der Waals surface area contributed by atoms with E-state index in [0.717, 1.165) is 22.4 Å². The summed E-state index contributed by atoms with van der Waals surface area (Å²) >= 11 is 0. The Bertz CT molecular complexity index is 685. The second-order valence-corrected chi connectivity index (χ2v) is 5.21. The van der Waals surface area contributed by atoms with Crippen LogP contribution in [0.5, 0.6) is 0 Å². The summed E-state index contributed by atoms with van der Waals surface area (Å²) in [6, 6.07) is 13.0. The highest BCUT2D eigenvalue weighted by atomic mass is 16.5. The number of fused-ring (bicyclic) bond motifs is 1. The normalized spacial score (nSPS) is 12.8. The summed E-state index contributed by atoms with van der Waals surface area (Å²) in [6.45, 7) is 1.57. The lowest BCUT2D eigenvalue weighted by molar-refractivity contribution is 0.134. The molecule has 2 aromatic carbocycles. The van der Waals surface area contributed by atoms with Crippen molar-refractivity contribution in [2.24, 2.45) is 0 Å². The van der Waals surface area contributed by atoms with E-state index in [9.17, 15) is 9.90 Å². The monoisotopic (exact) mass is 298 g/mol. The van der Waals surface area contributed by atoms with Gasteiger partial charge in [0.05, 0.1) is 19.8 Å². The van der Waals surface area contributed by atoms with Crippen molar-refractivity contribution in [1.29, 1.82) is 0 Å². The van der Waals surface area contributed by atoms with Crippen LogP contribution in [0.25, 0.3) is 0 Å². The van der Waals surface area contributed by atoms with E-state index < -0.39 is 0 Å². The van der Waals surface area contributed by atoms with E-state index in [1.807, 2.05) is 42.5 Å². The summed E-state index contributed by atoms with van der Waals surface area (Å²) < 4.78 is 5.35. The molecule has 5 heteroatoms. The second-order valence-electron chi connectivity index (χ2n) is 5.21. The predicted octanol–water partition coefficient (Wildman–Crippen LogP) is 2.53. The molecule has 0 aromatic heterocycles. The van der Waals surface area contributed by atoms with Crippen molar-refractivity contribution in [3.05, 3.63) is 64.7 Å². The Kier molecular flexibility index (Phi) is 4.37. The molecule has 0 saturated carbocycles. The number of ether oxygens (including phenoxy) is 1. The van der Waals surface area contributed by atoms with Crippen molar-refractivity contribution in [2.75, 3.05) is 5.32 Å². The molecule has 1 heterocycles. The third-order valence-electron chi connectivity index (χ3n) is 3.71. The minimum Gasteiger partial charge on any atom is -0.392 e. The van der Waals surface area contributed by atoms with E-state index in [4.69, 9.17) is 4.74 Å². The number of carbonyl (C=O) groups is 1. The number of hydrogen-bond donors (Lipinski definition) is 3. The number of nitrogens with one attached hydrogen (secondary N) is 2. The largest absolute Gasteiger partial charge is 0.392 e. The summed E-state index contributed by atoms with van der Waals surface area (Å²) in [6.07, 6.45) is 0. The number of carbonyl (C=O) groups excluding carboxylic acids is 1. The highest BCUT2D eigenvalue weighted by Crippen LogP contribution is 2.23. The third kappa shape index (κ3) is 3.27. The summed E-state index contributed by atoms with van der Waals surface area (Å²) in [7, 11) is 0. The topological polar surface area (TPSA) is 70.6 Å². The fourth-order valence-corrected chi connectivity index (χ4v) is 2.48. The van der Waals surface area contributed by atoms with Crippen molar-refractivity contribution in [1.82, 2.24) is 5.32 Å². The van der Waals surface area contributed by atoms with Gasteiger partial charge in [0.2, 0.25) is 0 Å². The van der Waals surface area contributed by atoms with Gasteiger partial charge in [-0.2, -0.15) is 0 Å². The molecule has 0 bridgehead atoms. The highest BCUT2D eigenvalue weighted by Gasteiger charge is 2.12. The quantitative estimate of drug-likeness (QED) is 0.812. The molecule has 0 fully saturated rings. The predicted molar refractivity (Wildman–Crippen MR) is 83.2 cm³/mol. The van der Waals surface area contributed by atoms with Gasteiger partial charge in [-0.15, -0.1) is 0 Å². The van der Waals surface area contributed by atoms with Gasteiger partial charge in [-0.3, -0.25) is 0 Å². The van der Waals surface area contributed by atoms with Gasteiger partial charge in [0.1, 0.15) is 0 Å². The van der Waals surface area contributed by atoms with Crippen LogP contribution in [0, 0.1) is 0 Å². The smallest absolute Gasteiger partial charge is 0.319 e. The standard InChI is InChI=1S/C17H18N2O3/c20-9-13-4-2-1-3-12(13)8-18-17(21)19-16-6-5-14-10-22-11-15(14)7-16/h1-7,20H,8-11H2,(H2,18,19,21). The van der Waals surface area contributed by atoms with Gasteiger partial charge < -0.3 is 20.5 Å². The first-order valence-electron chi connectivity index (χ1n) is 7.18. The van der Waals surface area contributed by atoms with Crippen LogP contribution in [-0.2, 0) is 31.1 Å². The molecule has 0 aliphatic carbocycles. The van der Waals surface area contributed by atoms with Crippen molar-refractivity contribution < 1.29 is 14.6 Å². The van der Waals surface area contributed by atoms with Crippen LogP contribution in [0.1, 0.15) is 22.3 Å². The van der Waals surface area contributed by atoms with Gasteiger partial charge in [-0.25, -0.2) is 4.79 Å². The Morgan fingerprint density at radius 2 is 1.86 bits per heavy atom. The summed E-state index contributed by atoms with van der Waals surface area (Å²) in [5.41, 5.74) is 4.75. The molecule has 114 valence electrons. The molecule has 0 radical (unpaired) electrons. The van der Waals surface area contributed by atoms with Crippen molar-refractivity contribution in [3.63, 3.8) is 0 Å². The number of hydrogen-bond acceptors (Lipinski definition) is 3. The summed E-state index contributed by atoms with van der Waals surface area (Å²) in [4.78, 5) is 12.0. The average molecular weight is 298 g/mol. The van der Waals surface area contributed by atoms with Gasteiger partial charge in [-0.05, 0) is 34.4 Å². The number of benzene rings is 2. The van der Waals surface area contributed by atoms with E-state index in [1.165, 1.54) is 5.56 Å². The van der Waals surface area contributed by atoms with Crippen molar-refractivity contribution in [3.8, 4) is 0 Å². The van der Waals surface area contributed by atoms with Crippen LogP contribution in [0.2, 0.25) is 0 Å². The van der Waals surface area contributed by atoms with Gasteiger partial charge in [0.25, 0.3) is 0 Å². The molecule has 22 heavy (non-hydrogen) atoms. The number of aliphatic hydroxyl groups is 1. The number of amides is 2. The molecule has 1 aliphatic heterocycles. The third-order valence-corrected chi connectivity index (χ3v) is 3.71. The minimum absolute atomic E-state index is 0.0374. The molecular formula is C17H18N2O3. The molecule has 0 atom stereocenters. The molecular weight excluding hydrogens is 280 g/mol. The van der Waals surface area contributed by atoms with Crippen molar-refractivity contribution in [2.45, 2.75) is 26.4 Å². The molecule has 0 saturated heterocycles. The molecule has 3 N–H and O–H groups in total. The maximum atomic E-state index is 12.0. The lowest BCUT2D eigenvalue weighted by Gasteiger charge is -2.11.